The number of isocyanates is 2. The van der Waals surface area contributed by atoms with Crippen molar-refractivity contribution < 1.29 is 9.59 Å². The lowest BCUT2D eigenvalue weighted by molar-refractivity contribution is 0.280. The number of rotatable bonds is 7. The first-order valence-electron chi connectivity index (χ1n) is 5.09. The van der Waals surface area contributed by atoms with E-state index >= 15 is 0 Å². The van der Waals surface area contributed by atoms with Crippen LogP contribution in [0.2, 0.25) is 0 Å². The molecule has 0 aromatic rings. The molecular formula is C11H18N2O2. The monoisotopic (exact) mass is 210 g/mol. The summed E-state index contributed by atoms with van der Waals surface area (Å²) >= 11 is 0. The van der Waals surface area contributed by atoms with Gasteiger partial charge in [0, 0.05) is 0 Å². The normalized spacial score (nSPS) is 12.5. The fourth-order valence-electron chi connectivity index (χ4n) is 1.69. The highest BCUT2D eigenvalue weighted by Gasteiger charge is 2.20. The number of nitrogens with zero attached hydrogens (tertiary/aromatic N) is 2. The number of hydrogen-bond donors (Lipinski definition) is 0. The van der Waals surface area contributed by atoms with Gasteiger partial charge in [0.15, 0.2) is 0 Å². The molecule has 0 spiro atoms. The molecule has 0 amide bonds. The molecule has 0 aliphatic heterocycles. The molecule has 0 fully saturated rings. The van der Waals surface area contributed by atoms with Crippen molar-refractivity contribution in [1.29, 1.82) is 0 Å². The molecule has 0 aliphatic carbocycles. The quantitative estimate of drug-likeness (QED) is 0.477. The SMILES string of the molecule is C[C@@H](CCN=C=O)CC(C)(C)CN=C=O. The van der Waals surface area contributed by atoms with Crippen molar-refractivity contribution in [3.63, 3.8) is 0 Å². The largest absolute Gasteiger partial charge is 0.234 e. The van der Waals surface area contributed by atoms with Crippen LogP contribution in [0.25, 0.3) is 0 Å². The molecule has 15 heavy (non-hydrogen) atoms. The molecule has 0 radical (unpaired) electrons. The Balaban J connectivity index is 3.96. The molecular weight excluding hydrogens is 192 g/mol. The van der Waals surface area contributed by atoms with E-state index in [1.165, 1.54) is 6.08 Å². The Labute approximate surface area is 90.5 Å². The van der Waals surface area contributed by atoms with Crippen LogP contribution < -0.4 is 0 Å². The third kappa shape index (κ3) is 7.80. The first-order valence-corrected chi connectivity index (χ1v) is 5.09. The van der Waals surface area contributed by atoms with Crippen molar-refractivity contribution in [2.45, 2.75) is 33.6 Å². The molecule has 1 atom stereocenters. The Morgan fingerprint density at radius 1 is 1.20 bits per heavy atom. The number of hydrogen-bond acceptors (Lipinski definition) is 4. The van der Waals surface area contributed by atoms with Crippen LogP contribution in [-0.4, -0.2) is 25.2 Å². The minimum absolute atomic E-state index is 0.00171. The maximum absolute atomic E-state index is 10.00. The maximum Gasteiger partial charge on any atom is 0.234 e. The van der Waals surface area contributed by atoms with E-state index in [1.807, 2.05) is 0 Å². The average molecular weight is 210 g/mol. The summed E-state index contributed by atoms with van der Waals surface area (Å²) in [7, 11) is 0. The van der Waals surface area contributed by atoms with Gasteiger partial charge in [-0.15, -0.1) is 0 Å². The van der Waals surface area contributed by atoms with Gasteiger partial charge in [-0.2, -0.15) is 0 Å². The second-order valence-corrected chi connectivity index (χ2v) is 4.64. The van der Waals surface area contributed by atoms with E-state index < -0.39 is 0 Å². The van der Waals surface area contributed by atoms with Crippen LogP contribution in [0.5, 0.6) is 0 Å². The van der Waals surface area contributed by atoms with E-state index in [9.17, 15) is 9.59 Å². The Morgan fingerprint density at radius 3 is 2.33 bits per heavy atom. The zero-order valence-electron chi connectivity index (χ0n) is 9.62. The summed E-state index contributed by atoms with van der Waals surface area (Å²) in [5.74, 6) is 0.457. The second kappa shape index (κ2) is 7.10. The fraction of sp³-hybridized carbons (Fsp3) is 0.818. The molecule has 0 heterocycles. The topological polar surface area (TPSA) is 58.9 Å². The van der Waals surface area contributed by atoms with Crippen LogP contribution in [0.1, 0.15) is 33.6 Å². The highest BCUT2D eigenvalue weighted by atomic mass is 16.1. The molecule has 0 saturated heterocycles. The summed E-state index contributed by atoms with van der Waals surface area (Å²) < 4.78 is 0. The van der Waals surface area contributed by atoms with E-state index in [4.69, 9.17) is 0 Å². The number of aliphatic imine (C=N–C) groups is 2. The lowest BCUT2D eigenvalue weighted by Crippen LogP contribution is -2.19. The maximum atomic E-state index is 10.00. The smallest absolute Gasteiger partial charge is 0.211 e. The first kappa shape index (κ1) is 13.8. The summed E-state index contributed by atoms with van der Waals surface area (Å²) in [4.78, 5) is 27.0. The molecule has 0 bridgehead atoms. The van der Waals surface area contributed by atoms with Crippen molar-refractivity contribution in [2.24, 2.45) is 21.3 Å². The standard InChI is InChI=1S/C11H18N2O2/c1-10(4-5-12-8-14)6-11(2,3)7-13-9-15/h10H,4-7H2,1-3H3/t10-/m0/s1. The van der Waals surface area contributed by atoms with Crippen LogP contribution >= 0.6 is 0 Å². The minimum Gasteiger partial charge on any atom is -0.211 e. The highest BCUT2D eigenvalue weighted by molar-refractivity contribution is 5.33. The molecule has 4 heteroatoms. The van der Waals surface area contributed by atoms with Gasteiger partial charge in [0.25, 0.3) is 0 Å². The van der Waals surface area contributed by atoms with Crippen molar-refractivity contribution in [1.82, 2.24) is 0 Å². The van der Waals surface area contributed by atoms with Gasteiger partial charge < -0.3 is 0 Å². The average Bonchev–Trinajstić information content (AvgIpc) is 2.14. The van der Waals surface area contributed by atoms with Crippen LogP contribution in [-0.2, 0) is 9.59 Å². The summed E-state index contributed by atoms with van der Waals surface area (Å²) in [5, 5.41) is 0. The zero-order valence-corrected chi connectivity index (χ0v) is 9.62. The minimum atomic E-state index is 0.00171. The third-order valence-corrected chi connectivity index (χ3v) is 2.27. The van der Waals surface area contributed by atoms with E-state index in [0.717, 1.165) is 12.8 Å². The summed E-state index contributed by atoms with van der Waals surface area (Å²) in [5.41, 5.74) is 0.00171. The Bertz CT molecular complexity index is 274. The van der Waals surface area contributed by atoms with Crippen LogP contribution in [0.15, 0.2) is 9.98 Å². The van der Waals surface area contributed by atoms with Crippen LogP contribution in [0, 0.1) is 11.3 Å². The molecule has 0 unspecified atom stereocenters. The zero-order chi connectivity index (χ0) is 11.7. The van der Waals surface area contributed by atoms with Crippen molar-refractivity contribution in [2.75, 3.05) is 13.1 Å². The first-order chi connectivity index (χ1) is 7.02. The predicted molar refractivity (Wildman–Crippen MR) is 58.2 cm³/mol. The van der Waals surface area contributed by atoms with Gasteiger partial charge in [0.05, 0.1) is 13.1 Å². The van der Waals surface area contributed by atoms with E-state index in [-0.39, 0.29) is 5.41 Å². The molecule has 0 aromatic carbocycles. The van der Waals surface area contributed by atoms with E-state index in [1.54, 1.807) is 6.08 Å². The van der Waals surface area contributed by atoms with Gasteiger partial charge in [0.1, 0.15) is 0 Å². The van der Waals surface area contributed by atoms with Crippen LogP contribution in [0.3, 0.4) is 0 Å². The summed E-state index contributed by atoms with van der Waals surface area (Å²) in [6, 6.07) is 0. The molecule has 0 saturated carbocycles. The van der Waals surface area contributed by atoms with Gasteiger partial charge in [-0.25, -0.2) is 19.6 Å². The molecule has 0 rings (SSSR count). The van der Waals surface area contributed by atoms with Crippen LogP contribution in [0.4, 0.5) is 0 Å². The van der Waals surface area contributed by atoms with E-state index in [2.05, 4.69) is 30.8 Å². The van der Waals surface area contributed by atoms with Crippen molar-refractivity contribution >= 4 is 12.2 Å². The summed E-state index contributed by atoms with van der Waals surface area (Å²) in [6.07, 6.45) is 4.90. The number of carbonyl (C=O) groups excluding carboxylic acids is 2. The Hall–Kier alpha value is -1.24. The molecule has 84 valence electrons. The lowest BCUT2D eigenvalue weighted by Gasteiger charge is -2.25. The van der Waals surface area contributed by atoms with Gasteiger partial charge in [-0.1, -0.05) is 20.8 Å². The van der Waals surface area contributed by atoms with Gasteiger partial charge >= 0.3 is 0 Å². The highest BCUT2D eigenvalue weighted by Crippen LogP contribution is 2.27. The molecule has 4 nitrogen and oxygen atoms in total. The van der Waals surface area contributed by atoms with Gasteiger partial charge in [0.2, 0.25) is 12.2 Å². The van der Waals surface area contributed by atoms with Crippen molar-refractivity contribution in [3.05, 3.63) is 0 Å². The van der Waals surface area contributed by atoms with E-state index in [0.29, 0.717) is 19.0 Å². The van der Waals surface area contributed by atoms with Gasteiger partial charge in [-0.05, 0) is 24.2 Å². The van der Waals surface area contributed by atoms with Crippen molar-refractivity contribution in [3.8, 4) is 0 Å². The summed E-state index contributed by atoms with van der Waals surface area (Å²) in [6.45, 7) is 7.25. The molecule has 0 aliphatic rings. The predicted octanol–water partition coefficient (Wildman–Crippen LogP) is 2.10. The lowest BCUT2D eigenvalue weighted by atomic mass is 9.82. The Morgan fingerprint density at radius 2 is 1.80 bits per heavy atom. The van der Waals surface area contributed by atoms with Gasteiger partial charge in [-0.3, -0.25) is 0 Å². The third-order valence-electron chi connectivity index (χ3n) is 2.27. The Kier molecular flexibility index (Phi) is 6.52. The second-order valence-electron chi connectivity index (χ2n) is 4.64. The molecule has 0 aromatic heterocycles. The molecule has 0 N–H and O–H groups in total. The fourth-order valence-corrected chi connectivity index (χ4v) is 1.69.